The molecule has 0 saturated carbocycles. The monoisotopic (exact) mass is 363 g/mol. The summed E-state index contributed by atoms with van der Waals surface area (Å²) in [4.78, 5) is 19.7. The van der Waals surface area contributed by atoms with Crippen molar-refractivity contribution < 1.29 is 9.53 Å². The number of carbonyl (C=O) groups excluding carboxylic acids is 1. The van der Waals surface area contributed by atoms with Gasteiger partial charge in [0.1, 0.15) is 0 Å². The molecule has 0 atom stereocenters. The van der Waals surface area contributed by atoms with E-state index in [4.69, 9.17) is 10.5 Å². The fourth-order valence-electron chi connectivity index (χ4n) is 3.82. The number of piperidine rings is 1. The van der Waals surface area contributed by atoms with E-state index in [9.17, 15) is 4.79 Å². The van der Waals surface area contributed by atoms with Crippen LogP contribution in [0, 0.1) is 0 Å². The molecule has 2 heterocycles. The molecule has 0 radical (unpaired) electrons. The van der Waals surface area contributed by atoms with E-state index < -0.39 is 0 Å². The zero-order valence-electron chi connectivity index (χ0n) is 15.4. The van der Waals surface area contributed by atoms with E-state index in [0.717, 1.165) is 40.9 Å². The first kappa shape index (κ1) is 17.9. The number of hydrogen-bond acceptors (Lipinski definition) is 4. The molecule has 27 heavy (non-hydrogen) atoms. The molecule has 5 nitrogen and oxygen atoms in total. The molecule has 2 aromatic carbocycles. The van der Waals surface area contributed by atoms with E-state index in [1.165, 1.54) is 0 Å². The van der Waals surface area contributed by atoms with Gasteiger partial charge in [0, 0.05) is 31.3 Å². The van der Waals surface area contributed by atoms with Crippen molar-refractivity contribution in [1.82, 2.24) is 9.88 Å². The van der Waals surface area contributed by atoms with Crippen LogP contribution in [0.15, 0.2) is 48.7 Å². The molecule has 1 aliphatic heterocycles. The van der Waals surface area contributed by atoms with Crippen LogP contribution >= 0.6 is 0 Å². The second kappa shape index (κ2) is 8.03. The van der Waals surface area contributed by atoms with Crippen molar-refractivity contribution in [2.75, 3.05) is 26.2 Å². The van der Waals surface area contributed by atoms with Gasteiger partial charge in [0.2, 0.25) is 0 Å². The first-order valence-electron chi connectivity index (χ1n) is 9.65. The molecule has 4 rings (SSSR count). The van der Waals surface area contributed by atoms with Gasteiger partial charge in [-0.1, -0.05) is 30.3 Å². The lowest BCUT2D eigenvalue weighted by atomic mass is 9.99. The molecule has 0 bridgehead atoms. The number of amides is 1. The lowest BCUT2D eigenvalue weighted by molar-refractivity contribution is 0.00850. The van der Waals surface area contributed by atoms with E-state index in [1.807, 2.05) is 35.2 Å². The molecule has 140 valence electrons. The quantitative estimate of drug-likeness (QED) is 0.557. The fourth-order valence-corrected chi connectivity index (χ4v) is 3.82. The Hall–Kier alpha value is -2.50. The lowest BCUT2D eigenvalue weighted by Crippen LogP contribution is -2.41. The van der Waals surface area contributed by atoms with Gasteiger partial charge in [-0.25, -0.2) is 0 Å². The molecule has 1 fully saturated rings. The minimum atomic E-state index is 0.0601. The van der Waals surface area contributed by atoms with Gasteiger partial charge in [0.25, 0.3) is 5.91 Å². The minimum Gasteiger partial charge on any atom is -0.378 e. The maximum atomic E-state index is 13.3. The van der Waals surface area contributed by atoms with Gasteiger partial charge in [0.05, 0.1) is 17.2 Å². The van der Waals surface area contributed by atoms with Crippen LogP contribution in [0.4, 0.5) is 0 Å². The maximum Gasteiger partial charge on any atom is 0.256 e. The van der Waals surface area contributed by atoms with E-state index in [-0.39, 0.29) is 12.0 Å². The molecular formula is C22H25N3O2. The molecule has 1 aliphatic rings. The molecule has 0 aliphatic carbocycles. The third kappa shape index (κ3) is 3.66. The average Bonchev–Trinajstić information content (AvgIpc) is 2.73. The van der Waals surface area contributed by atoms with E-state index >= 15 is 0 Å². The fraction of sp³-hybridized carbons (Fsp3) is 0.364. The number of fused-ring (bicyclic) bond motifs is 3. The molecule has 3 aromatic rings. The molecule has 2 N–H and O–H groups in total. The van der Waals surface area contributed by atoms with Crippen LogP contribution in [0.25, 0.3) is 21.7 Å². The summed E-state index contributed by atoms with van der Waals surface area (Å²) in [6.07, 6.45) is 4.61. The van der Waals surface area contributed by atoms with Crippen LogP contribution in [-0.2, 0) is 4.74 Å². The number of ether oxygens (including phenoxy) is 1. The van der Waals surface area contributed by atoms with Gasteiger partial charge in [0.15, 0.2) is 0 Å². The number of carbonyl (C=O) groups is 1. The third-order valence-corrected chi connectivity index (χ3v) is 5.28. The molecule has 1 saturated heterocycles. The number of rotatable bonds is 5. The smallest absolute Gasteiger partial charge is 0.256 e. The Labute approximate surface area is 159 Å². The Bertz CT molecular complexity index is 949. The van der Waals surface area contributed by atoms with Gasteiger partial charge in [-0.15, -0.1) is 0 Å². The Morgan fingerprint density at radius 3 is 2.74 bits per heavy atom. The highest BCUT2D eigenvalue weighted by Gasteiger charge is 2.25. The average molecular weight is 363 g/mol. The summed E-state index contributed by atoms with van der Waals surface area (Å²) < 4.78 is 5.85. The van der Waals surface area contributed by atoms with Crippen molar-refractivity contribution in [2.24, 2.45) is 5.73 Å². The zero-order chi connectivity index (χ0) is 18.6. The Morgan fingerprint density at radius 2 is 1.93 bits per heavy atom. The van der Waals surface area contributed by atoms with Gasteiger partial charge < -0.3 is 15.4 Å². The first-order chi connectivity index (χ1) is 13.3. The number of likely N-dealkylation sites (tertiary alicyclic amines) is 1. The predicted octanol–water partition coefficient (Wildman–Crippen LogP) is 3.36. The Morgan fingerprint density at radius 1 is 1.15 bits per heavy atom. The molecule has 1 amide bonds. The molecule has 1 aromatic heterocycles. The van der Waals surface area contributed by atoms with Crippen molar-refractivity contribution in [3.05, 3.63) is 54.2 Å². The second-order valence-corrected chi connectivity index (χ2v) is 7.05. The van der Waals surface area contributed by atoms with Crippen molar-refractivity contribution in [3.63, 3.8) is 0 Å². The predicted molar refractivity (Wildman–Crippen MR) is 108 cm³/mol. The van der Waals surface area contributed by atoms with Crippen molar-refractivity contribution in [1.29, 1.82) is 0 Å². The second-order valence-electron chi connectivity index (χ2n) is 7.05. The molecule has 5 heteroatoms. The van der Waals surface area contributed by atoms with Crippen LogP contribution < -0.4 is 5.73 Å². The third-order valence-electron chi connectivity index (χ3n) is 5.28. The number of benzene rings is 2. The van der Waals surface area contributed by atoms with Crippen LogP contribution in [0.1, 0.15) is 29.6 Å². The Balaban J connectivity index is 1.58. The molecule has 0 unspecified atom stereocenters. The van der Waals surface area contributed by atoms with Crippen molar-refractivity contribution in [2.45, 2.75) is 25.4 Å². The molecular weight excluding hydrogens is 338 g/mol. The number of hydrogen-bond donors (Lipinski definition) is 1. The van der Waals surface area contributed by atoms with Crippen LogP contribution in [0.3, 0.4) is 0 Å². The summed E-state index contributed by atoms with van der Waals surface area (Å²) in [5.41, 5.74) is 6.98. The summed E-state index contributed by atoms with van der Waals surface area (Å²) in [6, 6.07) is 14.1. The SMILES string of the molecule is NCCCOC1CCN(C(=O)c2cc3ccccc3c3cccnc23)CC1. The van der Waals surface area contributed by atoms with Crippen molar-refractivity contribution in [3.8, 4) is 0 Å². The minimum absolute atomic E-state index is 0.0601. The largest absolute Gasteiger partial charge is 0.378 e. The topological polar surface area (TPSA) is 68.5 Å². The lowest BCUT2D eigenvalue weighted by Gasteiger charge is -2.32. The van der Waals surface area contributed by atoms with Gasteiger partial charge >= 0.3 is 0 Å². The van der Waals surface area contributed by atoms with Crippen LogP contribution in [-0.4, -0.2) is 48.1 Å². The first-order valence-corrected chi connectivity index (χ1v) is 9.65. The normalized spacial score (nSPS) is 15.5. The highest BCUT2D eigenvalue weighted by atomic mass is 16.5. The summed E-state index contributed by atoms with van der Waals surface area (Å²) in [5.74, 6) is 0.0601. The standard InChI is InChI=1S/C22H25N3O2/c23-10-4-14-27-17-8-12-25(13-9-17)22(26)20-15-16-5-1-2-6-18(16)19-7-3-11-24-21(19)20/h1-3,5-7,11,15,17H,4,8-10,12-14,23H2. The molecule has 0 spiro atoms. The number of nitrogens with zero attached hydrogens (tertiary/aromatic N) is 2. The number of nitrogens with two attached hydrogens (primary N) is 1. The summed E-state index contributed by atoms with van der Waals surface area (Å²) in [5, 5.41) is 3.23. The van der Waals surface area contributed by atoms with Crippen LogP contribution in [0.2, 0.25) is 0 Å². The Kier molecular flexibility index (Phi) is 5.32. The van der Waals surface area contributed by atoms with E-state index in [1.54, 1.807) is 6.20 Å². The maximum absolute atomic E-state index is 13.3. The zero-order valence-corrected chi connectivity index (χ0v) is 15.4. The highest BCUT2D eigenvalue weighted by molar-refractivity contribution is 6.15. The number of aromatic nitrogens is 1. The van der Waals surface area contributed by atoms with E-state index in [2.05, 4.69) is 17.1 Å². The van der Waals surface area contributed by atoms with Gasteiger partial charge in [-0.3, -0.25) is 9.78 Å². The van der Waals surface area contributed by atoms with Gasteiger partial charge in [-0.05, 0) is 48.7 Å². The van der Waals surface area contributed by atoms with Crippen molar-refractivity contribution >= 4 is 27.6 Å². The van der Waals surface area contributed by atoms with Gasteiger partial charge in [-0.2, -0.15) is 0 Å². The highest BCUT2D eigenvalue weighted by Crippen LogP contribution is 2.28. The number of pyridine rings is 1. The van der Waals surface area contributed by atoms with Crippen LogP contribution in [0.5, 0.6) is 0 Å². The summed E-state index contributed by atoms with van der Waals surface area (Å²) in [6.45, 7) is 2.79. The van der Waals surface area contributed by atoms with E-state index in [0.29, 0.717) is 31.8 Å². The summed E-state index contributed by atoms with van der Waals surface area (Å²) in [7, 11) is 0. The summed E-state index contributed by atoms with van der Waals surface area (Å²) >= 11 is 0.